The molecular formula is C42H70O4. The van der Waals surface area contributed by atoms with Crippen molar-refractivity contribution in [2.45, 2.75) is 175 Å². The summed E-state index contributed by atoms with van der Waals surface area (Å²) in [5.41, 5.74) is 1.60. The zero-order valence-electron chi connectivity index (χ0n) is 30.5. The Morgan fingerprint density at radius 3 is 1.50 bits per heavy atom. The smallest absolute Gasteiger partial charge is 0.133 e. The third-order valence-electron chi connectivity index (χ3n) is 18.4. The van der Waals surface area contributed by atoms with Crippen LogP contribution in [-0.4, -0.2) is 39.4 Å². The summed E-state index contributed by atoms with van der Waals surface area (Å²) in [7, 11) is 0. The fourth-order valence-corrected chi connectivity index (χ4v) is 16.0. The van der Waals surface area contributed by atoms with Gasteiger partial charge in [0.2, 0.25) is 0 Å². The SMILES string of the molecule is CC(=O)[C@H]1CC[C@H]2[C@@H]3CC[C@H]4C[C@H](O)CC[C@]4(C)[C@H]3CC[C@]12C.CC(O)[C@H]1CC[C@H]2[C@@H]3CC[C@H]4C[C@@H](O)CC[C@]4(C)[C@H]3CC[C@]12C. The van der Waals surface area contributed by atoms with E-state index in [4.69, 9.17) is 0 Å². The average molecular weight is 639 g/mol. The first-order valence-corrected chi connectivity index (χ1v) is 20.3. The first-order chi connectivity index (χ1) is 21.7. The maximum absolute atomic E-state index is 12.2. The normalized spacial score (nSPS) is 56.5. The lowest BCUT2D eigenvalue weighted by molar-refractivity contribution is -0.138. The Labute approximate surface area is 281 Å². The lowest BCUT2D eigenvalue weighted by Crippen LogP contribution is -2.54. The number of Topliss-reactive ketones (excluding diaryl/α,β-unsaturated/α-hetero) is 1. The molecule has 0 heterocycles. The first kappa shape index (κ1) is 34.0. The molecule has 0 radical (unpaired) electrons. The van der Waals surface area contributed by atoms with E-state index in [1.807, 2.05) is 13.8 Å². The van der Waals surface area contributed by atoms with E-state index < -0.39 is 0 Å². The van der Waals surface area contributed by atoms with Gasteiger partial charge in [-0.3, -0.25) is 4.79 Å². The number of hydrogen-bond acceptors (Lipinski definition) is 4. The predicted molar refractivity (Wildman–Crippen MR) is 185 cm³/mol. The highest BCUT2D eigenvalue weighted by molar-refractivity contribution is 5.79. The lowest BCUT2D eigenvalue weighted by atomic mass is 9.44. The van der Waals surface area contributed by atoms with Gasteiger partial charge in [-0.2, -0.15) is 0 Å². The third kappa shape index (κ3) is 5.17. The van der Waals surface area contributed by atoms with E-state index in [1.165, 1.54) is 83.5 Å². The molecule has 262 valence electrons. The summed E-state index contributed by atoms with van der Waals surface area (Å²) in [6.07, 6.45) is 22.0. The monoisotopic (exact) mass is 639 g/mol. The van der Waals surface area contributed by atoms with Crippen LogP contribution in [0.4, 0.5) is 0 Å². The lowest BCUT2D eigenvalue weighted by Gasteiger charge is -2.61. The number of carbonyl (C=O) groups is 1. The largest absolute Gasteiger partial charge is 0.393 e. The number of carbonyl (C=O) groups excluding carboxylic acids is 1. The molecule has 0 saturated heterocycles. The standard InChI is InChI=1S/C21H36O2.C21H34O2/c2*1-13(22)17-6-7-18-16-5-4-14-12-15(23)8-10-20(14,2)19(16)9-11-21(17,18)3/h13-19,22-23H,4-12H2,1-3H3;14-19,23H,4-12H2,1-3H3/t13?,14-,15-,16-,17+,18-,19-,20-,21+;14-,15+,16-,17+,18-,19-,20-,21+/m00/s1. The summed E-state index contributed by atoms with van der Waals surface area (Å²) >= 11 is 0. The average Bonchev–Trinajstić information content (AvgIpc) is 3.55. The molecule has 8 aliphatic carbocycles. The van der Waals surface area contributed by atoms with Crippen molar-refractivity contribution in [1.29, 1.82) is 0 Å². The van der Waals surface area contributed by atoms with Crippen LogP contribution in [0.3, 0.4) is 0 Å². The third-order valence-corrected chi connectivity index (χ3v) is 18.4. The van der Waals surface area contributed by atoms with Gasteiger partial charge in [0.1, 0.15) is 5.78 Å². The van der Waals surface area contributed by atoms with Gasteiger partial charge in [-0.1, -0.05) is 27.7 Å². The van der Waals surface area contributed by atoms with E-state index >= 15 is 0 Å². The second-order valence-corrected chi connectivity index (χ2v) is 19.9. The van der Waals surface area contributed by atoms with Crippen molar-refractivity contribution in [2.75, 3.05) is 0 Å². The molecule has 8 rings (SSSR count). The number of aliphatic hydroxyl groups is 3. The summed E-state index contributed by atoms with van der Waals surface area (Å²) in [6, 6.07) is 0. The van der Waals surface area contributed by atoms with E-state index in [9.17, 15) is 20.1 Å². The maximum Gasteiger partial charge on any atom is 0.133 e. The minimum atomic E-state index is -0.140. The molecular weight excluding hydrogens is 568 g/mol. The van der Waals surface area contributed by atoms with Gasteiger partial charge < -0.3 is 15.3 Å². The summed E-state index contributed by atoms with van der Waals surface area (Å²) in [5, 5.41) is 30.5. The Morgan fingerprint density at radius 2 is 1.00 bits per heavy atom. The van der Waals surface area contributed by atoms with Crippen molar-refractivity contribution in [3.8, 4) is 0 Å². The van der Waals surface area contributed by atoms with Crippen molar-refractivity contribution >= 4 is 5.78 Å². The topological polar surface area (TPSA) is 77.8 Å². The number of rotatable bonds is 2. The van der Waals surface area contributed by atoms with Gasteiger partial charge in [0.15, 0.2) is 0 Å². The minimum Gasteiger partial charge on any atom is -0.393 e. The highest BCUT2D eigenvalue weighted by Crippen LogP contribution is 2.69. The van der Waals surface area contributed by atoms with Crippen molar-refractivity contribution in [3.05, 3.63) is 0 Å². The number of ketones is 1. The van der Waals surface area contributed by atoms with Gasteiger partial charge in [-0.25, -0.2) is 0 Å². The zero-order chi connectivity index (χ0) is 32.8. The molecule has 17 atom stereocenters. The van der Waals surface area contributed by atoms with Gasteiger partial charge in [0.05, 0.1) is 18.3 Å². The summed E-state index contributed by atoms with van der Waals surface area (Å²) in [5.74, 6) is 7.84. The van der Waals surface area contributed by atoms with E-state index in [0.717, 1.165) is 79.4 Å². The van der Waals surface area contributed by atoms with E-state index in [2.05, 4.69) is 27.7 Å². The van der Waals surface area contributed by atoms with Crippen LogP contribution in [0.2, 0.25) is 0 Å². The van der Waals surface area contributed by atoms with Crippen molar-refractivity contribution < 1.29 is 20.1 Å². The van der Waals surface area contributed by atoms with E-state index in [-0.39, 0.29) is 23.7 Å². The summed E-state index contributed by atoms with van der Waals surface area (Å²) in [6.45, 7) is 13.9. The molecule has 3 N–H and O–H groups in total. The molecule has 46 heavy (non-hydrogen) atoms. The highest BCUT2D eigenvalue weighted by atomic mass is 16.3. The Bertz CT molecular complexity index is 1130. The van der Waals surface area contributed by atoms with Gasteiger partial charge >= 0.3 is 0 Å². The molecule has 0 spiro atoms. The summed E-state index contributed by atoms with van der Waals surface area (Å²) in [4.78, 5) is 12.2. The minimum absolute atomic E-state index is 0.0374. The molecule has 0 aromatic heterocycles. The Hall–Kier alpha value is -0.450. The quantitative estimate of drug-likeness (QED) is 0.282. The molecule has 0 aromatic carbocycles. The van der Waals surface area contributed by atoms with Crippen LogP contribution in [-0.2, 0) is 4.79 Å². The van der Waals surface area contributed by atoms with Crippen molar-refractivity contribution in [1.82, 2.24) is 0 Å². The Kier molecular flexibility index (Phi) is 8.95. The van der Waals surface area contributed by atoms with Crippen LogP contribution in [0.1, 0.15) is 157 Å². The van der Waals surface area contributed by atoms with Gasteiger partial charge in [-0.05, 0) is 204 Å². The zero-order valence-corrected chi connectivity index (χ0v) is 30.5. The van der Waals surface area contributed by atoms with Crippen LogP contribution in [0.5, 0.6) is 0 Å². The van der Waals surface area contributed by atoms with Gasteiger partial charge in [0.25, 0.3) is 0 Å². The molecule has 0 aromatic rings. The molecule has 1 unspecified atom stereocenters. The number of hydrogen-bond donors (Lipinski definition) is 3. The maximum atomic E-state index is 12.2. The number of aliphatic hydroxyl groups excluding tert-OH is 3. The molecule has 0 amide bonds. The molecule has 4 heteroatoms. The molecule has 8 fully saturated rings. The predicted octanol–water partition coefficient (Wildman–Crippen LogP) is 8.98. The molecule has 8 saturated carbocycles. The van der Waals surface area contributed by atoms with Crippen LogP contribution < -0.4 is 0 Å². The molecule has 0 aliphatic heterocycles. The van der Waals surface area contributed by atoms with Gasteiger partial charge in [-0.15, -0.1) is 0 Å². The summed E-state index contributed by atoms with van der Waals surface area (Å²) < 4.78 is 0. The van der Waals surface area contributed by atoms with E-state index in [0.29, 0.717) is 33.9 Å². The second-order valence-electron chi connectivity index (χ2n) is 19.9. The highest BCUT2D eigenvalue weighted by Gasteiger charge is 2.62. The Morgan fingerprint density at radius 1 is 0.565 bits per heavy atom. The van der Waals surface area contributed by atoms with Gasteiger partial charge in [0, 0.05) is 5.92 Å². The van der Waals surface area contributed by atoms with Crippen LogP contribution in [0, 0.1) is 80.8 Å². The van der Waals surface area contributed by atoms with E-state index in [1.54, 1.807) is 0 Å². The van der Waals surface area contributed by atoms with Crippen molar-refractivity contribution in [3.63, 3.8) is 0 Å². The fourth-order valence-electron chi connectivity index (χ4n) is 16.0. The molecule has 0 bridgehead atoms. The number of fused-ring (bicyclic) bond motifs is 10. The van der Waals surface area contributed by atoms with Crippen LogP contribution in [0.15, 0.2) is 0 Å². The van der Waals surface area contributed by atoms with Crippen LogP contribution >= 0.6 is 0 Å². The van der Waals surface area contributed by atoms with Crippen LogP contribution in [0.25, 0.3) is 0 Å². The Balaban J connectivity index is 0.000000147. The fraction of sp³-hybridized carbons (Fsp3) is 0.976. The molecule has 4 nitrogen and oxygen atoms in total. The molecule has 8 aliphatic rings. The van der Waals surface area contributed by atoms with Crippen molar-refractivity contribution in [2.24, 2.45) is 80.8 Å². The first-order valence-electron chi connectivity index (χ1n) is 20.3. The second kappa shape index (κ2) is 12.1.